The van der Waals surface area contributed by atoms with Crippen molar-refractivity contribution in [2.75, 3.05) is 59.6 Å². The van der Waals surface area contributed by atoms with E-state index in [0.717, 1.165) is 21.0 Å². The van der Waals surface area contributed by atoms with Crippen LogP contribution in [-0.2, 0) is 26.0 Å². The van der Waals surface area contributed by atoms with Crippen LogP contribution in [0.25, 0.3) is 11.1 Å². The quantitative estimate of drug-likeness (QED) is 0.292. The molecule has 2 aromatic carbocycles. The summed E-state index contributed by atoms with van der Waals surface area (Å²) in [4.78, 5) is 37.6. The van der Waals surface area contributed by atoms with Crippen molar-refractivity contribution in [3.05, 3.63) is 45.6 Å². The number of carbonyl (C=O) groups excluding carboxylic acids is 2. The average molecular weight is 605 g/mol. The minimum absolute atomic E-state index is 0.0224. The van der Waals surface area contributed by atoms with Gasteiger partial charge in [0.2, 0.25) is 33.0 Å². The molecule has 0 heterocycles. The number of nitrogens with one attached hydrogen (secondary N) is 3. The normalized spacial score (nSPS) is 14.2. The van der Waals surface area contributed by atoms with Crippen molar-refractivity contribution in [2.45, 2.75) is 38.6 Å². The Morgan fingerprint density at radius 2 is 1.74 bits per heavy atom. The number of anilines is 1. The Bertz CT molecular complexity index is 1480. The van der Waals surface area contributed by atoms with Crippen LogP contribution in [0.5, 0.6) is 17.2 Å². The molecular weight excluding hydrogens is 564 g/mol. The van der Waals surface area contributed by atoms with Gasteiger partial charge >= 0.3 is 0 Å². The first-order valence-electron chi connectivity index (χ1n) is 13.6. The fraction of sp³-hybridized carbons (Fsp3) is 0.483. The van der Waals surface area contributed by atoms with Crippen LogP contribution in [0.4, 0.5) is 5.69 Å². The van der Waals surface area contributed by atoms with Crippen molar-refractivity contribution in [3.8, 4) is 28.4 Å². The zero-order valence-electron chi connectivity index (χ0n) is 25.0. The Hall–Kier alpha value is -3.84. The van der Waals surface area contributed by atoms with E-state index in [1.54, 1.807) is 20.3 Å². The summed E-state index contributed by atoms with van der Waals surface area (Å²) in [5, 5.41) is 8.70. The van der Waals surface area contributed by atoms with Crippen molar-refractivity contribution < 1.29 is 32.2 Å². The number of nitrogens with zero attached hydrogens (tertiary/aromatic N) is 1. The third-order valence-corrected chi connectivity index (χ3v) is 8.88. The number of rotatable bonds is 13. The number of carbonyl (C=O) groups is 2. The van der Waals surface area contributed by atoms with Crippen molar-refractivity contribution >= 4 is 27.5 Å². The number of benzene rings is 1. The molecule has 12 nitrogen and oxygen atoms in total. The Kier molecular flexibility index (Phi) is 11.2. The van der Waals surface area contributed by atoms with Gasteiger partial charge in [0.05, 0.1) is 38.8 Å². The summed E-state index contributed by atoms with van der Waals surface area (Å²) in [7, 11) is 4.11. The number of methoxy groups -OCH3 is 3. The SMILES string of the molecule is COc1cc2c(c(OC)c1OC)-c1ccc(NCCCC(=O)NCCS(=O)(=O)N(C)C)c(=O)cc1[C@H](NC(C)=O)CC2. The van der Waals surface area contributed by atoms with Gasteiger partial charge in [0, 0.05) is 46.1 Å². The first-order valence-corrected chi connectivity index (χ1v) is 15.2. The van der Waals surface area contributed by atoms with Crippen LogP contribution in [0.3, 0.4) is 0 Å². The topological polar surface area (TPSA) is 152 Å². The molecule has 0 saturated heterocycles. The number of fused-ring (bicyclic) bond motifs is 3. The lowest BCUT2D eigenvalue weighted by Crippen LogP contribution is -2.34. The highest BCUT2D eigenvalue weighted by Crippen LogP contribution is 2.50. The van der Waals surface area contributed by atoms with Crippen molar-refractivity contribution in [2.24, 2.45) is 0 Å². The molecule has 1 aliphatic carbocycles. The van der Waals surface area contributed by atoms with Crippen LogP contribution in [0, 0.1) is 0 Å². The molecule has 3 rings (SSSR count). The molecule has 0 saturated carbocycles. The smallest absolute Gasteiger partial charge is 0.220 e. The van der Waals surface area contributed by atoms with E-state index >= 15 is 0 Å². The summed E-state index contributed by atoms with van der Waals surface area (Å²) < 4.78 is 41.7. The molecule has 0 aliphatic heterocycles. The van der Waals surface area contributed by atoms with Gasteiger partial charge in [-0.25, -0.2) is 12.7 Å². The van der Waals surface area contributed by atoms with E-state index in [4.69, 9.17) is 14.2 Å². The number of ether oxygens (including phenoxy) is 3. The fourth-order valence-electron chi connectivity index (χ4n) is 4.92. The van der Waals surface area contributed by atoms with Gasteiger partial charge in [-0.15, -0.1) is 0 Å². The maximum absolute atomic E-state index is 13.4. The van der Waals surface area contributed by atoms with Gasteiger partial charge in [0.1, 0.15) is 0 Å². The Morgan fingerprint density at radius 1 is 1.02 bits per heavy atom. The Balaban J connectivity index is 1.87. The van der Waals surface area contributed by atoms with E-state index in [1.807, 2.05) is 12.1 Å². The summed E-state index contributed by atoms with van der Waals surface area (Å²) in [6.45, 7) is 1.80. The number of amides is 2. The van der Waals surface area contributed by atoms with Gasteiger partial charge in [-0.2, -0.15) is 0 Å². The van der Waals surface area contributed by atoms with Crippen LogP contribution in [0.1, 0.15) is 43.4 Å². The molecule has 2 amide bonds. The molecule has 1 aliphatic rings. The molecule has 42 heavy (non-hydrogen) atoms. The summed E-state index contributed by atoms with van der Waals surface area (Å²) >= 11 is 0. The van der Waals surface area contributed by atoms with Crippen LogP contribution < -0.4 is 35.6 Å². The predicted octanol–water partition coefficient (Wildman–Crippen LogP) is 2.06. The summed E-state index contributed by atoms with van der Waals surface area (Å²) in [6.07, 6.45) is 1.73. The fourth-order valence-corrected chi connectivity index (χ4v) is 5.64. The third kappa shape index (κ3) is 7.71. The van der Waals surface area contributed by atoms with Crippen LogP contribution in [0.2, 0.25) is 0 Å². The molecule has 13 heteroatoms. The second-order valence-electron chi connectivity index (χ2n) is 10.1. The molecular formula is C29H40N4O8S. The van der Waals surface area contributed by atoms with Gasteiger partial charge < -0.3 is 30.2 Å². The Morgan fingerprint density at radius 3 is 2.36 bits per heavy atom. The summed E-state index contributed by atoms with van der Waals surface area (Å²) in [5.41, 5.74) is 3.12. The highest BCUT2D eigenvalue weighted by molar-refractivity contribution is 7.89. The first kappa shape index (κ1) is 32.7. The third-order valence-electron chi connectivity index (χ3n) is 7.05. The van der Waals surface area contributed by atoms with Gasteiger partial charge in [0.15, 0.2) is 11.5 Å². The molecule has 0 radical (unpaired) electrons. The van der Waals surface area contributed by atoms with Gasteiger partial charge in [-0.3, -0.25) is 14.4 Å². The van der Waals surface area contributed by atoms with Crippen LogP contribution in [-0.4, -0.2) is 78.8 Å². The molecule has 0 bridgehead atoms. The molecule has 230 valence electrons. The van der Waals surface area contributed by atoms with E-state index in [2.05, 4.69) is 16.0 Å². The highest BCUT2D eigenvalue weighted by Gasteiger charge is 2.29. The van der Waals surface area contributed by atoms with Crippen LogP contribution in [0.15, 0.2) is 29.1 Å². The number of hydrogen-bond acceptors (Lipinski definition) is 9. The molecule has 0 spiro atoms. The molecule has 3 N–H and O–H groups in total. The number of sulfonamides is 1. The molecule has 0 fully saturated rings. The molecule has 0 unspecified atom stereocenters. The Labute approximate surface area is 246 Å². The number of aryl methyl sites for hydroxylation is 1. The van der Waals surface area contributed by atoms with E-state index in [0.29, 0.717) is 54.3 Å². The maximum Gasteiger partial charge on any atom is 0.220 e. The molecule has 1 atom stereocenters. The predicted molar refractivity (Wildman–Crippen MR) is 161 cm³/mol. The minimum Gasteiger partial charge on any atom is -0.493 e. The second kappa shape index (κ2) is 14.4. The summed E-state index contributed by atoms with van der Waals surface area (Å²) in [5.74, 6) is 0.740. The lowest BCUT2D eigenvalue weighted by molar-refractivity contribution is -0.121. The largest absolute Gasteiger partial charge is 0.493 e. The molecule has 0 aromatic heterocycles. The van der Waals surface area contributed by atoms with Crippen LogP contribution >= 0.6 is 0 Å². The standard InChI is InChI=1S/C29H40N4O8S/c1-18(34)32-22-11-9-19-16-25(39-4)28(40-5)29(41-6)27(19)20-10-12-23(24(35)17-21(20)22)30-13-7-8-26(36)31-14-15-42(37,38)33(2)3/h10,12,16-17,22H,7-9,11,13-15H2,1-6H3,(H,30,35)(H,31,36)(H,32,34)/t22-/m1/s1. The monoisotopic (exact) mass is 604 g/mol. The van der Waals surface area contributed by atoms with Crippen molar-refractivity contribution in [1.82, 2.24) is 14.9 Å². The van der Waals surface area contributed by atoms with E-state index < -0.39 is 16.1 Å². The zero-order valence-corrected chi connectivity index (χ0v) is 25.8. The lowest BCUT2D eigenvalue weighted by Gasteiger charge is -2.19. The van der Waals surface area contributed by atoms with Crippen molar-refractivity contribution in [1.29, 1.82) is 0 Å². The first-order chi connectivity index (χ1) is 19.9. The van der Waals surface area contributed by atoms with Gasteiger partial charge in [-0.05, 0) is 54.2 Å². The van der Waals surface area contributed by atoms with Gasteiger partial charge in [-0.1, -0.05) is 6.07 Å². The highest BCUT2D eigenvalue weighted by atomic mass is 32.2. The van der Waals surface area contributed by atoms with Crippen molar-refractivity contribution in [3.63, 3.8) is 0 Å². The zero-order chi connectivity index (χ0) is 31.0. The lowest BCUT2D eigenvalue weighted by atomic mass is 9.95. The average Bonchev–Trinajstić information content (AvgIpc) is 3.18. The van der Waals surface area contributed by atoms with Gasteiger partial charge in [0.25, 0.3) is 0 Å². The van der Waals surface area contributed by atoms with E-state index in [1.165, 1.54) is 34.2 Å². The minimum atomic E-state index is -3.39. The van der Waals surface area contributed by atoms with E-state index in [-0.39, 0.29) is 36.0 Å². The second-order valence-corrected chi connectivity index (χ2v) is 12.4. The summed E-state index contributed by atoms with van der Waals surface area (Å²) in [6, 6.07) is 6.51. The number of hydrogen-bond donors (Lipinski definition) is 3. The molecule has 2 aromatic rings. The maximum atomic E-state index is 13.4. The van der Waals surface area contributed by atoms with E-state index in [9.17, 15) is 22.8 Å².